The fourth-order valence-electron chi connectivity index (χ4n) is 4.10. The highest BCUT2D eigenvalue weighted by molar-refractivity contribution is 5.84. The van der Waals surface area contributed by atoms with Crippen molar-refractivity contribution in [3.8, 4) is 0 Å². The van der Waals surface area contributed by atoms with Crippen LogP contribution in [-0.2, 0) is 0 Å². The number of nitrogens with zero attached hydrogens (tertiary/aromatic N) is 1. The van der Waals surface area contributed by atoms with Crippen LogP contribution < -0.4 is 10.6 Å². The SMILES string of the molecule is CCC(NC(=O)O)C1(C)CCC(Nc2ccc3cnccc3c2)CC1. The van der Waals surface area contributed by atoms with Crippen molar-refractivity contribution in [1.29, 1.82) is 0 Å². The van der Waals surface area contributed by atoms with Gasteiger partial charge in [-0.15, -0.1) is 0 Å². The third-order valence-electron chi connectivity index (χ3n) is 5.69. The van der Waals surface area contributed by atoms with Gasteiger partial charge in [-0.1, -0.05) is 19.9 Å². The molecule has 1 unspecified atom stereocenters. The summed E-state index contributed by atoms with van der Waals surface area (Å²) >= 11 is 0. The Kier molecular flexibility index (Phi) is 5.11. The predicted octanol–water partition coefficient (Wildman–Crippen LogP) is 4.64. The quantitative estimate of drug-likeness (QED) is 0.740. The van der Waals surface area contributed by atoms with Gasteiger partial charge in [-0.05, 0) is 61.1 Å². The van der Waals surface area contributed by atoms with Crippen LogP contribution in [-0.4, -0.2) is 28.3 Å². The second-order valence-corrected chi connectivity index (χ2v) is 7.42. The Bertz CT molecular complexity index is 739. The fourth-order valence-corrected chi connectivity index (χ4v) is 4.10. The molecule has 1 saturated carbocycles. The first-order chi connectivity index (χ1) is 12.0. The van der Waals surface area contributed by atoms with Crippen molar-refractivity contribution in [2.75, 3.05) is 5.32 Å². The topological polar surface area (TPSA) is 74.2 Å². The van der Waals surface area contributed by atoms with Crippen LogP contribution in [0.15, 0.2) is 36.7 Å². The van der Waals surface area contributed by atoms with Crippen molar-refractivity contribution in [3.05, 3.63) is 36.7 Å². The highest BCUT2D eigenvalue weighted by Crippen LogP contribution is 2.40. The third-order valence-corrected chi connectivity index (χ3v) is 5.69. The lowest BCUT2D eigenvalue weighted by Gasteiger charge is -2.43. The molecule has 0 spiro atoms. The Labute approximate surface area is 148 Å². The van der Waals surface area contributed by atoms with Gasteiger partial charge in [0.25, 0.3) is 0 Å². The summed E-state index contributed by atoms with van der Waals surface area (Å²) in [6, 6.07) is 8.88. The van der Waals surface area contributed by atoms with E-state index in [2.05, 4.69) is 47.7 Å². The predicted molar refractivity (Wildman–Crippen MR) is 101 cm³/mol. The second-order valence-electron chi connectivity index (χ2n) is 7.42. The molecule has 1 aromatic carbocycles. The largest absolute Gasteiger partial charge is 0.465 e. The van der Waals surface area contributed by atoms with Crippen LogP contribution in [0.3, 0.4) is 0 Å². The number of pyridine rings is 1. The van der Waals surface area contributed by atoms with E-state index in [1.165, 1.54) is 5.39 Å². The molecule has 5 heteroatoms. The van der Waals surface area contributed by atoms with E-state index in [1.54, 1.807) is 0 Å². The van der Waals surface area contributed by atoms with Crippen molar-refractivity contribution >= 4 is 22.6 Å². The highest BCUT2D eigenvalue weighted by Gasteiger charge is 2.37. The molecular weight excluding hydrogens is 314 g/mol. The Balaban J connectivity index is 1.62. The first-order valence-corrected chi connectivity index (χ1v) is 9.10. The Morgan fingerprint density at radius 2 is 2.08 bits per heavy atom. The van der Waals surface area contributed by atoms with Gasteiger partial charge in [0.1, 0.15) is 0 Å². The lowest BCUT2D eigenvalue weighted by molar-refractivity contribution is 0.124. The molecule has 0 aliphatic heterocycles. The van der Waals surface area contributed by atoms with Crippen LogP contribution in [0, 0.1) is 5.41 Å². The smallest absolute Gasteiger partial charge is 0.404 e. The molecule has 1 fully saturated rings. The highest BCUT2D eigenvalue weighted by atomic mass is 16.4. The normalized spacial score (nSPS) is 24.6. The first kappa shape index (κ1) is 17.5. The number of nitrogens with one attached hydrogen (secondary N) is 2. The van der Waals surface area contributed by atoms with Crippen molar-refractivity contribution in [3.63, 3.8) is 0 Å². The monoisotopic (exact) mass is 341 g/mol. The lowest BCUT2D eigenvalue weighted by atomic mass is 9.68. The van der Waals surface area contributed by atoms with Gasteiger partial charge in [-0.2, -0.15) is 0 Å². The maximum Gasteiger partial charge on any atom is 0.404 e. The van der Waals surface area contributed by atoms with Crippen molar-refractivity contribution in [2.45, 2.75) is 58.0 Å². The van der Waals surface area contributed by atoms with Crippen LogP contribution in [0.5, 0.6) is 0 Å². The number of aromatic nitrogens is 1. The number of carboxylic acid groups (broad SMARTS) is 1. The Morgan fingerprint density at radius 3 is 2.76 bits per heavy atom. The van der Waals surface area contributed by atoms with E-state index < -0.39 is 6.09 Å². The number of fused-ring (bicyclic) bond motifs is 1. The Hall–Kier alpha value is -2.30. The average Bonchev–Trinajstić information content (AvgIpc) is 2.61. The molecule has 1 atom stereocenters. The maximum absolute atomic E-state index is 11.0. The minimum atomic E-state index is -0.918. The number of benzene rings is 1. The minimum absolute atomic E-state index is 0.0270. The zero-order chi connectivity index (χ0) is 17.9. The summed E-state index contributed by atoms with van der Waals surface area (Å²) in [4.78, 5) is 15.2. The molecule has 2 aromatic rings. The lowest BCUT2D eigenvalue weighted by Crippen LogP contribution is -2.48. The summed E-state index contributed by atoms with van der Waals surface area (Å²) in [6.45, 7) is 4.27. The van der Waals surface area contributed by atoms with E-state index in [0.29, 0.717) is 6.04 Å². The van der Waals surface area contributed by atoms with Gasteiger partial charge in [0.05, 0.1) is 0 Å². The summed E-state index contributed by atoms with van der Waals surface area (Å²) < 4.78 is 0. The molecule has 1 heterocycles. The van der Waals surface area contributed by atoms with Gasteiger partial charge >= 0.3 is 6.09 Å². The zero-order valence-corrected chi connectivity index (χ0v) is 15.0. The molecule has 0 radical (unpaired) electrons. The molecule has 0 saturated heterocycles. The van der Waals surface area contributed by atoms with Crippen LogP contribution in [0.1, 0.15) is 46.0 Å². The molecule has 1 aliphatic rings. The molecule has 1 aromatic heterocycles. The summed E-state index contributed by atoms with van der Waals surface area (Å²) in [5.41, 5.74) is 1.18. The van der Waals surface area contributed by atoms with E-state index in [-0.39, 0.29) is 11.5 Å². The average molecular weight is 341 g/mol. The number of hydrogen-bond acceptors (Lipinski definition) is 3. The number of rotatable bonds is 5. The molecule has 1 aliphatic carbocycles. The molecule has 5 nitrogen and oxygen atoms in total. The van der Waals surface area contributed by atoms with Gasteiger partial charge in [0, 0.05) is 35.6 Å². The van der Waals surface area contributed by atoms with E-state index in [4.69, 9.17) is 5.11 Å². The summed E-state index contributed by atoms with van der Waals surface area (Å²) in [5.74, 6) is 0. The molecule has 25 heavy (non-hydrogen) atoms. The van der Waals surface area contributed by atoms with Crippen molar-refractivity contribution in [1.82, 2.24) is 10.3 Å². The standard InChI is InChI=1S/C20H27N3O2/c1-3-18(23-19(24)25)20(2)9-6-16(7-10-20)22-17-5-4-15-13-21-11-8-14(15)12-17/h4-5,8,11-13,16,18,22-23H,3,6-7,9-10H2,1-2H3,(H,24,25). The van der Waals surface area contributed by atoms with E-state index in [0.717, 1.165) is 43.2 Å². The maximum atomic E-state index is 11.0. The first-order valence-electron chi connectivity index (χ1n) is 9.10. The van der Waals surface area contributed by atoms with Crippen LogP contribution in [0.2, 0.25) is 0 Å². The number of amides is 1. The molecule has 3 rings (SSSR count). The molecule has 1 amide bonds. The van der Waals surface area contributed by atoms with Gasteiger partial charge in [-0.25, -0.2) is 4.79 Å². The van der Waals surface area contributed by atoms with Crippen molar-refractivity contribution < 1.29 is 9.90 Å². The molecular formula is C20H27N3O2. The van der Waals surface area contributed by atoms with Gasteiger partial charge in [-0.3, -0.25) is 4.98 Å². The number of anilines is 1. The van der Waals surface area contributed by atoms with Crippen LogP contribution >= 0.6 is 0 Å². The van der Waals surface area contributed by atoms with Crippen molar-refractivity contribution in [2.24, 2.45) is 5.41 Å². The van der Waals surface area contributed by atoms with E-state index >= 15 is 0 Å². The van der Waals surface area contributed by atoms with Gasteiger partial charge < -0.3 is 15.7 Å². The van der Waals surface area contributed by atoms with Gasteiger partial charge in [0.15, 0.2) is 0 Å². The zero-order valence-electron chi connectivity index (χ0n) is 15.0. The minimum Gasteiger partial charge on any atom is -0.465 e. The molecule has 134 valence electrons. The second kappa shape index (κ2) is 7.30. The molecule has 0 bridgehead atoms. The molecule has 3 N–H and O–H groups in total. The number of hydrogen-bond donors (Lipinski definition) is 3. The number of carbonyl (C=O) groups is 1. The van der Waals surface area contributed by atoms with Crippen LogP contribution in [0.25, 0.3) is 10.8 Å². The third kappa shape index (κ3) is 4.03. The summed E-state index contributed by atoms with van der Waals surface area (Å²) in [5, 5.41) is 17.8. The summed E-state index contributed by atoms with van der Waals surface area (Å²) in [7, 11) is 0. The van der Waals surface area contributed by atoms with Gasteiger partial charge in [0.2, 0.25) is 0 Å². The van der Waals surface area contributed by atoms with E-state index in [1.807, 2.05) is 18.5 Å². The fraction of sp³-hybridized carbons (Fsp3) is 0.500. The van der Waals surface area contributed by atoms with Crippen LogP contribution in [0.4, 0.5) is 10.5 Å². The van der Waals surface area contributed by atoms with E-state index in [9.17, 15) is 4.79 Å². The Morgan fingerprint density at radius 1 is 1.32 bits per heavy atom. The summed E-state index contributed by atoms with van der Waals surface area (Å²) in [6.07, 6.45) is 7.79.